The normalized spacial score (nSPS) is 11.0. The number of nitrogens with one attached hydrogen (secondary N) is 1. The summed E-state index contributed by atoms with van der Waals surface area (Å²) in [5.41, 5.74) is 1.78. The zero-order valence-corrected chi connectivity index (χ0v) is 19.4. The third-order valence-electron chi connectivity index (χ3n) is 4.58. The molecule has 0 atom stereocenters. The molecule has 0 aliphatic heterocycles. The number of aromatic nitrogens is 5. The molecule has 2 aromatic carbocycles. The lowest BCUT2D eigenvalue weighted by molar-refractivity contribution is -0.113. The minimum atomic E-state index is -0.276. The van der Waals surface area contributed by atoms with E-state index in [1.165, 1.54) is 11.8 Å². The van der Waals surface area contributed by atoms with Crippen LogP contribution in [0.3, 0.4) is 0 Å². The number of ether oxygens (including phenoxy) is 1. The van der Waals surface area contributed by atoms with Crippen molar-refractivity contribution in [2.24, 2.45) is 0 Å². The Kier molecular flexibility index (Phi) is 7.04. The number of rotatable bonds is 9. The summed E-state index contributed by atoms with van der Waals surface area (Å²) >= 11 is 1.27. The van der Waals surface area contributed by atoms with Crippen molar-refractivity contribution in [3.05, 3.63) is 60.5 Å². The first-order valence-corrected chi connectivity index (χ1v) is 11.5. The van der Waals surface area contributed by atoms with Crippen molar-refractivity contribution in [1.29, 1.82) is 0 Å². The van der Waals surface area contributed by atoms with Gasteiger partial charge in [0, 0.05) is 17.2 Å². The van der Waals surface area contributed by atoms with E-state index in [-0.39, 0.29) is 23.6 Å². The topological polar surface area (TPSA) is 108 Å². The first-order chi connectivity index (χ1) is 16.0. The van der Waals surface area contributed by atoms with E-state index in [4.69, 9.17) is 9.15 Å². The van der Waals surface area contributed by atoms with Gasteiger partial charge < -0.3 is 9.15 Å². The second-order valence-corrected chi connectivity index (χ2v) is 8.31. The van der Waals surface area contributed by atoms with Crippen molar-refractivity contribution < 1.29 is 13.9 Å². The average molecular weight is 465 g/mol. The maximum Gasteiger partial charge on any atom is 0.322 e. The first-order valence-electron chi connectivity index (χ1n) is 10.5. The largest absolute Gasteiger partial charge is 0.494 e. The van der Waals surface area contributed by atoms with Gasteiger partial charge in [0.1, 0.15) is 5.75 Å². The number of carbonyl (C=O) groups excluding carboxylic acids is 1. The maximum atomic E-state index is 12.5. The molecule has 0 radical (unpaired) electrons. The van der Waals surface area contributed by atoms with Gasteiger partial charge in [-0.2, -0.15) is 0 Å². The molecule has 9 nitrogen and oxygen atoms in total. The number of carbonyl (C=O) groups is 1. The van der Waals surface area contributed by atoms with Crippen LogP contribution in [0, 0.1) is 0 Å². The van der Waals surface area contributed by atoms with Crippen LogP contribution in [-0.4, -0.2) is 43.2 Å². The fraction of sp³-hybridized carbons (Fsp3) is 0.261. The molecule has 4 aromatic rings. The Balaban J connectivity index is 1.56. The molecule has 0 saturated carbocycles. The van der Waals surface area contributed by atoms with E-state index >= 15 is 0 Å². The molecule has 0 aliphatic carbocycles. The first kappa shape index (κ1) is 22.5. The molecule has 33 heavy (non-hydrogen) atoms. The average Bonchev–Trinajstić information content (AvgIpc) is 3.46. The van der Waals surface area contributed by atoms with Crippen LogP contribution in [0.1, 0.15) is 32.6 Å². The lowest BCUT2D eigenvalue weighted by atomic mass is 10.2. The van der Waals surface area contributed by atoms with Gasteiger partial charge in [-0.3, -0.25) is 14.7 Å². The highest BCUT2D eigenvalue weighted by atomic mass is 32.2. The quantitative estimate of drug-likeness (QED) is 0.359. The summed E-state index contributed by atoms with van der Waals surface area (Å²) in [7, 11) is 0. The van der Waals surface area contributed by atoms with Crippen molar-refractivity contribution in [2.45, 2.75) is 31.8 Å². The van der Waals surface area contributed by atoms with E-state index in [1.54, 1.807) is 0 Å². The van der Waals surface area contributed by atoms with Crippen LogP contribution in [-0.2, 0) is 4.79 Å². The van der Waals surface area contributed by atoms with Crippen LogP contribution in [0.4, 0.5) is 6.01 Å². The van der Waals surface area contributed by atoms with Crippen LogP contribution in [0.25, 0.3) is 17.1 Å². The number of hydrogen-bond acceptors (Lipinski definition) is 8. The number of hydrogen-bond donors (Lipinski definition) is 1. The van der Waals surface area contributed by atoms with E-state index in [2.05, 4.69) is 25.7 Å². The highest BCUT2D eigenvalue weighted by Gasteiger charge is 2.18. The molecule has 10 heteroatoms. The molecular formula is C23H24N6O3S. The molecule has 1 amide bonds. The standard InChI is InChI=1S/C23H24N6O3S/c1-4-31-18-12-10-17(11-13-18)29-20(16-8-6-5-7-9-16)25-28-23(29)33-14-19(30)24-22-27-26-21(32-22)15(2)3/h5-13,15H,4,14H2,1-3H3,(H,24,27,30). The SMILES string of the molecule is CCOc1ccc(-n2c(SCC(=O)Nc3nnc(C(C)C)o3)nnc2-c2ccccc2)cc1. The molecule has 0 saturated heterocycles. The van der Waals surface area contributed by atoms with Gasteiger partial charge in [0.25, 0.3) is 0 Å². The van der Waals surface area contributed by atoms with E-state index in [0.717, 1.165) is 17.0 Å². The molecule has 0 unspecified atom stereocenters. The monoisotopic (exact) mass is 464 g/mol. The second kappa shape index (κ2) is 10.3. The van der Waals surface area contributed by atoms with Crippen LogP contribution in [0.2, 0.25) is 0 Å². The van der Waals surface area contributed by atoms with Crippen molar-refractivity contribution in [3.8, 4) is 22.8 Å². The van der Waals surface area contributed by atoms with Crippen molar-refractivity contribution in [1.82, 2.24) is 25.0 Å². The van der Waals surface area contributed by atoms with Gasteiger partial charge in [0.2, 0.25) is 11.8 Å². The lowest BCUT2D eigenvalue weighted by Gasteiger charge is -2.11. The van der Waals surface area contributed by atoms with E-state index in [0.29, 0.717) is 23.5 Å². The molecule has 0 spiro atoms. The number of benzene rings is 2. The molecule has 0 bridgehead atoms. The minimum Gasteiger partial charge on any atom is -0.494 e. The minimum absolute atomic E-state index is 0.0848. The molecule has 4 rings (SSSR count). The van der Waals surface area contributed by atoms with Crippen molar-refractivity contribution >= 4 is 23.7 Å². The highest BCUT2D eigenvalue weighted by Crippen LogP contribution is 2.29. The molecule has 0 aliphatic rings. The predicted octanol–water partition coefficient (Wildman–Crippen LogP) is 4.57. The second-order valence-electron chi connectivity index (χ2n) is 7.37. The smallest absolute Gasteiger partial charge is 0.322 e. The van der Waals surface area contributed by atoms with E-state index < -0.39 is 0 Å². The molecule has 2 aromatic heterocycles. The lowest BCUT2D eigenvalue weighted by Crippen LogP contribution is -2.15. The summed E-state index contributed by atoms with van der Waals surface area (Å²) in [5.74, 6) is 1.85. The summed E-state index contributed by atoms with van der Waals surface area (Å²) in [6, 6.07) is 17.5. The van der Waals surface area contributed by atoms with Crippen LogP contribution in [0.15, 0.2) is 64.2 Å². The van der Waals surface area contributed by atoms with Gasteiger partial charge in [-0.05, 0) is 31.2 Å². The van der Waals surface area contributed by atoms with Gasteiger partial charge >= 0.3 is 6.01 Å². The molecular weight excluding hydrogens is 440 g/mol. The number of amides is 1. The van der Waals surface area contributed by atoms with Gasteiger partial charge in [-0.1, -0.05) is 61.0 Å². The third kappa shape index (κ3) is 5.40. The van der Waals surface area contributed by atoms with Crippen LogP contribution < -0.4 is 10.1 Å². The Hall–Kier alpha value is -3.66. The molecule has 2 heterocycles. The Morgan fingerprint density at radius 1 is 1.06 bits per heavy atom. The van der Waals surface area contributed by atoms with Crippen molar-refractivity contribution in [3.63, 3.8) is 0 Å². The van der Waals surface area contributed by atoms with E-state index in [1.807, 2.05) is 79.9 Å². The predicted molar refractivity (Wildman–Crippen MR) is 126 cm³/mol. The van der Waals surface area contributed by atoms with Gasteiger partial charge in [-0.25, -0.2) is 0 Å². The Morgan fingerprint density at radius 2 is 1.82 bits per heavy atom. The van der Waals surface area contributed by atoms with E-state index in [9.17, 15) is 4.79 Å². The summed E-state index contributed by atoms with van der Waals surface area (Å²) in [5, 5.41) is 19.7. The van der Waals surface area contributed by atoms with Gasteiger partial charge in [0.05, 0.1) is 12.4 Å². The Labute approximate surface area is 195 Å². The number of thioether (sulfide) groups is 1. The van der Waals surface area contributed by atoms with Crippen LogP contribution in [0.5, 0.6) is 5.75 Å². The zero-order valence-electron chi connectivity index (χ0n) is 18.6. The number of nitrogens with zero attached hydrogens (tertiary/aromatic N) is 5. The highest BCUT2D eigenvalue weighted by molar-refractivity contribution is 7.99. The Bertz CT molecular complexity index is 1200. The summed E-state index contributed by atoms with van der Waals surface area (Å²) in [6.45, 7) is 6.41. The fourth-order valence-corrected chi connectivity index (χ4v) is 3.78. The fourth-order valence-electron chi connectivity index (χ4n) is 3.03. The maximum absolute atomic E-state index is 12.5. The third-order valence-corrected chi connectivity index (χ3v) is 5.51. The van der Waals surface area contributed by atoms with Crippen LogP contribution >= 0.6 is 11.8 Å². The van der Waals surface area contributed by atoms with Gasteiger partial charge in [-0.15, -0.1) is 15.3 Å². The van der Waals surface area contributed by atoms with Crippen molar-refractivity contribution in [2.75, 3.05) is 17.7 Å². The molecule has 170 valence electrons. The Morgan fingerprint density at radius 3 is 2.48 bits per heavy atom. The summed E-state index contributed by atoms with van der Waals surface area (Å²) in [4.78, 5) is 12.5. The summed E-state index contributed by atoms with van der Waals surface area (Å²) < 4.78 is 12.9. The van der Waals surface area contributed by atoms with Gasteiger partial charge in [0.15, 0.2) is 11.0 Å². The summed E-state index contributed by atoms with van der Waals surface area (Å²) in [6.07, 6.45) is 0. The molecule has 0 fully saturated rings. The number of anilines is 1. The zero-order chi connectivity index (χ0) is 23.2. The molecule has 1 N–H and O–H groups in total.